The number of alkyl halides is 2. The molecule has 12 heteroatoms. The largest absolute Gasteiger partial charge is 0.384 e. The molecule has 4 fully saturated rings. The van der Waals surface area contributed by atoms with Crippen LogP contribution in [-0.4, -0.2) is 83.2 Å². The first-order valence-electron chi connectivity index (χ1n) is 11.1. The molecule has 6 rings (SSSR count). The lowest BCUT2D eigenvalue weighted by Crippen LogP contribution is -2.60. The standard InChI is InChI=1S/C21H25F2N7O3/c22-18(23)14-3-16(24)25-4-15(14)19-26-20(17-11-1-2-29(17)10-33-5-11)28-21(27-19)30-12-6-31-8-13(30)9-32-7-12/h3-4,11-13,17-18H,1-2,5-10H2,(H2,24,25). The Balaban J connectivity index is 1.49. The van der Waals surface area contributed by atoms with Gasteiger partial charge >= 0.3 is 0 Å². The molecule has 33 heavy (non-hydrogen) atoms. The van der Waals surface area contributed by atoms with Crippen LogP contribution in [0.4, 0.5) is 20.5 Å². The third-order valence-electron chi connectivity index (χ3n) is 6.81. The van der Waals surface area contributed by atoms with Crippen molar-refractivity contribution in [1.29, 1.82) is 0 Å². The lowest BCUT2D eigenvalue weighted by Gasteiger charge is -2.45. The van der Waals surface area contributed by atoms with E-state index in [0.717, 1.165) is 13.0 Å². The minimum Gasteiger partial charge on any atom is -0.384 e. The van der Waals surface area contributed by atoms with Crippen molar-refractivity contribution in [3.8, 4) is 11.4 Å². The Hall–Kier alpha value is -2.54. The second kappa shape index (κ2) is 8.35. The van der Waals surface area contributed by atoms with E-state index in [1.54, 1.807) is 0 Å². The highest BCUT2D eigenvalue weighted by molar-refractivity contribution is 5.63. The van der Waals surface area contributed by atoms with Crippen molar-refractivity contribution < 1.29 is 23.0 Å². The lowest BCUT2D eigenvalue weighted by atomic mass is 10.00. The number of nitrogens with zero attached hydrogens (tertiary/aromatic N) is 6. The van der Waals surface area contributed by atoms with Crippen molar-refractivity contribution in [2.45, 2.75) is 31.0 Å². The molecule has 4 saturated heterocycles. The molecule has 0 radical (unpaired) electrons. The fraction of sp³-hybridized carbons (Fsp3) is 0.619. The smallest absolute Gasteiger partial charge is 0.264 e. The van der Waals surface area contributed by atoms with Gasteiger partial charge in [0, 0.05) is 29.8 Å². The quantitative estimate of drug-likeness (QED) is 0.717. The number of nitrogens with two attached hydrogens (primary N) is 1. The van der Waals surface area contributed by atoms with E-state index in [-0.39, 0.29) is 46.8 Å². The molecule has 0 saturated carbocycles. The van der Waals surface area contributed by atoms with Crippen molar-refractivity contribution in [2.75, 3.05) is 56.9 Å². The minimum absolute atomic E-state index is 0.0250. The Morgan fingerprint density at radius 1 is 1.00 bits per heavy atom. The van der Waals surface area contributed by atoms with Crippen LogP contribution < -0.4 is 10.6 Å². The van der Waals surface area contributed by atoms with Gasteiger partial charge in [0.05, 0.1) is 57.9 Å². The van der Waals surface area contributed by atoms with Gasteiger partial charge in [-0.25, -0.2) is 18.7 Å². The van der Waals surface area contributed by atoms with Gasteiger partial charge in [0.2, 0.25) is 5.95 Å². The van der Waals surface area contributed by atoms with Gasteiger partial charge in [-0.3, -0.25) is 4.90 Å². The number of morpholine rings is 2. The zero-order valence-corrected chi connectivity index (χ0v) is 17.9. The summed E-state index contributed by atoms with van der Waals surface area (Å²) in [6, 6.07) is 1.04. The summed E-state index contributed by atoms with van der Waals surface area (Å²) in [5.74, 6) is 1.48. The Bertz CT molecular complexity index is 1010. The molecule has 0 aromatic carbocycles. The van der Waals surface area contributed by atoms with Gasteiger partial charge in [0.25, 0.3) is 6.43 Å². The molecule has 2 aromatic heterocycles. The van der Waals surface area contributed by atoms with E-state index in [4.69, 9.17) is 29.9 Å². The molecular weight excluding hydrogens is 436 g/mol. The van der Waals surface area contributed by atoms with Crippen molar-refractivity contribution in [3.63, 3.8) is 0 Å². The zero-order chi connectivity index (χ0) is 22.5. The monoisotopic (exact) mass is 461 g/mol. The fourth-order valence-electron chi connectivity index (χ4n) is 5.27. The van der Waals surface area contributed by atoms with E-state index in [9.17, 15) is 8.78 Å². The number of anilines is 2. The Morgan fingerprint density at radius 2 is 1.76 bits per heavy atom. The first-order chi connectivity index (χ1) is 16.1. The molecule has 4 aliphatic heterocycles. The van der Waals surface area contributed by atoms with Gasteiger partial charge in [0.15, 0.2) is 11.6 Å². The Kier molecular flexibility index (Phi) is 5.32. The van der Waals surface area contributed by atoms with Gasteiger partial charge in [0.1, 0.15) is 5.82 Å². The number of nitrogen functional groups attached to an aromatic ring is 1. The highest BCUT2D eigenvalue weighted by Gasteiger charge is 2.43. The number of hydrogen-bond acceptors (Lipinski definition) is 10. The summed E-state index contributed by atoms with van der Waals surface area (Å²) < 4.78 is 44.9. The van der Waals surface area contributed by atoms with Crippen molar-refractivity contribution >= 4 is 11.8 Å². The first-order valence-corrected chi connectivity index (χ1v) is 11.1. The minimum atomic E-state index is -2.74. The van der Waals surface area contributed by atoms with Gasteiger partial charge < -0.3 is 24.8 Å². The summed E-state index contributed by atoms with van der Waals surface area (Å²) >= 11 is 0. The Labute approximate surface area is 189 Å². The van der Waals surface area contributed by atoms with Crippen molar-refractivity contribution in [1.82, 2.24) is 24.8 Å². The molecule has 4 bridgehead atoms. The van der Waals surface area contributed by atoms with Gasteiger partial charge in [-0.15, -0.1) is 0 Å². The maximum absolute atomic E-state index is 13.9. The summed E-state index contributed by atoms with van der Waals surface area (Å²) in [4.78, 5) is 22.6. The van der Waals surface area contributed by atoms with E-state index >= 15 is 0 Å². The summed E-state index contributed by atoms with van der Waals surface area (Å²) in [5.41, 5.74) is 5.61. The summed E-state index contributed by atoms with van der Waals surface area (Å²) in [6.07, 6.45) is -0.446. The predicted octanol–water partition coefficient (Wildman–Crippen LogP) is 1.41. The number of hydrogen-bond donors (Lipinski definition) is 1. The summed E-state index contributed by atoms with van der Waals surface area (Å²) in [6.45, 7) is 3.97. The molecule has 6 heterocycles. The molecule has 0 aliphatic carbocycles. The molecule has 176 valence electrons. The highest BCUT2D eigenvalue weighted by atomic mass is 19.3. The number of aromatic nitrogens is 4. The van der Waals surface area contributed by atoms with Crippen LogP contribution in [0.25, 0.3) is 11.4 Å². The molecule has 4 aliphatic rings. The molecule has 3 atom stereocenters. The molecule has 2 aromatic rings. The lowest BCUT2D eigenvalue weighted by molar-refractivity contribution is -0.0453. The van der Waals surface area contributed by atoms with Crippen LogP contribution in [0.2, 0.25) is 0 Å². The molecule has 10 nitrogen and oxygen atoms in total. The van der Waals surface area contributed by atoms with E-state index in [2.05, 4.69) is 19.8 Å². The Morgan fingerprint density at radius 3 is 2.45 bits per heavy atom. The normalized spacial score (nSPS) is 31.2. The van der Waals surface area contributed by atoms with Crippen molar-refractivity contribution in [2.24, 2.45) is 5.92 Å². The molecule has 3 unspecified atom stereocenters. The second-order valence-electron chi connectivity index (χ2n) is 8.91. The second-order valence-corrected chi connectivity index (χ2v) is 8.91. The average Bonchev–Trinajstić information content (AvgIpc) is 3.06. The van der Waals surface area contributed by atoms with E-state index in [1.807, 2.05) is 0 Å². The molecular formula is C21H25F2N7O3. The summed E-state index contributed by atoms with van der Waals surface area (Å²) in [5, 5.41) is 0. The van der Waals surface area contributed by atoms with Crippen LogP contribution in [0, 0.1) is 5.92 Å². The van der Waals surface area contributed by atoms with Crippen LogP contribution in [0.15, 0.2) is 12.3 Å². The van der Waals surface area contributed by atoms with E-state index < -0.39 is 6.43 Å². The zero-order valence-electron chi connectivity index (χ0n) is 17.9. The molecule has 0 spiro atoms. The average molecular weight is 461 g/mol. The molecule has 2 N–H and O–H groups in total. The van der Waals surface area contributed by atoms with Crippen LogP contribution in [-0.2, 0) is 14.2 Å². The summed E-state index contributed by atoms with van der Waals surface area (Å²) in [7, 11) is 0. The van der Waals surface area contributed by atoms with Crippen LogP contribution in [0.5, 0.6) is 0 Å². The third-order valence-corrected chi connectivity index (χ3v) is 6.81. The SMILES string of the molecule is Nc1cc(C(F)F)c(-c2nc(C3C4CCN3COC4)nc(N3C4COCC3COC4)n2)cn1. The fourth-order valence-corrected chi connectivity index (χ4v) is 5.27. The maximum atomic E-state index is 13.9. The third kappa shape index (κ3) is 3.70. The first kappa shape index (κ1) is 21.0. The van der Waals surface area contributed by atoms with Gasteiger partial charge in [-0.05, 0) is 12.5 Å². The number of fused-ring (bicyclic) bond motifs is 4. The number of pyridine rings is 1. The van der Waals surface area contributed by atoms with Gasteiger partial charge in [-0.2, -0.15) is 9.97 Å². The number of rotatable bonds is 4. The maximum Gasteiger partial charge on any atom is 0.264 e. The number of ether oxygens (including phenoxy) is 3. The highest BCUT2D eigenvalue weighted by Crippen LogP contribution is 2.40. The van der Waals surface area contributed by atoms with Gasteiger partial charge in [-0.1, -0.05) is 0 Å². The van der Waals surface area contributed by atoms with E-state index in [1.165, 1.54) is 12.3 Å². The van der Waals surface area contributed by atoms with Crippen LogP contribution in [0.1, 0.15) is 30.3 Å². The van der Waals surface area contributed by atoms with Crippen LogP contribution in [0.3, 0.4) is 0 Å². The van der Waals surface area contributed by atoms with E-state index in [0.29, 0.717) is 51.5 Å². The van der Waals surface area contributed by atoms with Crippen LogP contribution >= 0.6 is 0 Å². The molecule has 0 amide bonds. The predicted molar refractivity (Wildman–Crippen MR) is 112 cm³/mol. The van der Waals surface area contributed by atoms with Crippen molar-refractivity contribution in [3.05, 3.63) is 23.7 Å². The topological polar surface area (TPSA) is 112 Å². The number of halogens is 2.